The minimum atomic E-state index is -0.409. The Hall–Kier alpha value is -2.73. The summed E-state index contributed by atoms with van der Waals surface area (Å²) < 4.78 is 4.95. The topological polar surface area (TPSA) is 71.5 Å². The quantitative estimate of drug-likeness (QED) is 0.820. The first-order chi connectivity index (χ1) is 12.1. The minimum absolute atomic E-state index is 0.122. The molecule has 1 N–H and O–H groups in total. The van der Waals surface area contributed by atoms with Gasteiger partial charge in [0.05, 0.1) is 30.3 Å². The van der Waals surface area contributed by atoms with Crippen LogP contribution in [-0.2, 0) is 9.53 Å². The second-order valence-electron chi connectivity index (χ2n) is 6.01. The van der Waals surface area contributed by atoms with E-state index in [0.29, 0.717) is 24.4 Å². The van der Waals surface area contributed by atoms with E-state index >= 15 is 0 Å². The highest BCUT2D eigenvalue weighted by molar-refractivity contribution is 6.11. The van der Waals surface area contributed by atoms with Crippen LogP contribution in [0.25, 0.3) is 0 Å². The van der Waals surface area contributed by atoms with Crippen molar-refractivity contribution in [3.63, 3.8) is 0 Å². The predicted molar refractivity (Wildman–Crippen MR) is 94.5 cm³/mol. The molecule has 2 aromatic rings. The van der Waals surface area contributed by atoms with Crippen molar-refractivity contribution in [3.05, 3.63) is 59.4 Å². The van der Waals surface area contributed by atoms with Crippen LogP contribution in [-0.4, -0.2) is 37.1 Å². The van der Waals surface area contributed by atoms with Crippen LogP contribution in [0.4, 0.5) is 5.69 Å². The lowest BCUT2D eigenvalue weighted by molar-refractivity contribution is -0.121. The number of pyridine rings is 1. The van der Waals surface area contributed by atoms with Crippen LogP contribution in [0.3, 0.4) is 0 Å². The van der Waals surface area contributed by atoms with Gasteiger partial charge in [0, 0.05) is 25.5 Å². The second kappa shape index (κ2) is 7.44. The third kappa shape index (κ3) is 3.53. The van der Waals surface area contributed by atoms with Crippen LogP contribution >= 0.6 is 0 Å². The molecule has 0 saturated heterocycles. The fraction of sp³-hybridized carbons (Fsp3) is 0.316. The Kier molecular flexibility index (Phi) is 5.09. The summed E-state index contributed by atoms with van der Waals surface area (Å²) in [5, 5.41) is 2.81. The van der Waals surface area contributed by atoms with Crippen molar-refractivity contribution in [2.24, 2.45) is 0 Å². The van der Waals surface area contributed by atoms with Gasteiger partial charge in [-0.1, -0.05) is 12.1 Å². The molecule has 2 amide bonds. The first-order valence-electron chi connectivity index (χ1n) is 8.22. The first-order valence-corrected chi connectivity index (χ1v) is 8.22. The van der Waals surface area contributed by atoms with Gasteiger partial charge in [0.15, 0.2) is 0 Å². The van der Waals surface area contributed by atoms with Gasteiger partial charge in [-0.05, 0) is 36.8 Å². The van der Waals surface area contributed by atoms with Gasteiger partial charge >= 0.3 is 0 Å². The first kappa shape index (κ1) is 17.1. The van der Waals surface area contributed by atoms with E-state index in [4.69, 9.17) is 4.74 Å². The highest BCUT2D eigenvalue weighted by atomic mass is 16.5. The smallest absolute Gasteiger partial charge is 0.260 e. The maximum absolute atomic E-state index is 12.9. The van der Waals surface area contributed by atoms with Crippen LogP contribution in [0.5, 0.6) is 0 Å². The summed E-state index contributed by atoms with van der Waals surface area (Å²) in [7, 11) is 1.58. The number of aromatic nitrogens is 1. The van der Waals surface area contributed by atoms with Gasteiger partial charge in [-0.25, -0.2) is 0 Å². The summed E-state index contributed by atoms with van der Waals surface area (Å²) in [6.45, 7) is 2.86. The van der Waals surface area contributed by atoms with Crippen LogP contribution in [0.1, 0.15) is 34.1 Å². The molecule has 0 spiro atoms. The number of nitrogens with zero attached hydrogens (tertiary/aromatic N) is 2. The highest BCUT2D eigenvalue weighted by Crippen LogP contribution is 2.38. The number of fused-ring (bicyclic) bond motifs is 1. The molecule has 0 fully saturated rings. The van der Waals surface area contributed by atoms with Crippen molar-refractivity contribution in [1.29, 1.82) is 0 Å². The number of hydrogen-bond donors (Lipinski definition) is 1. The lowest BCUT2D eigenvalue weighted by atomic mass is 10.1. The van der Waals surface area contributed by atoms with Gasteiger partial charge in [-0.3, -0.25) is 19.5 Å². The fourth-order valence-electron chi connectivity index (χ4n) is 3.06. The number of hydrogen-bond acceptors (Lipinski definition) is 4. The second-order valence-corrected chi connectivity index (χ2v) is 6.01. The number of carbonyl (C=O) groups excluding carboxylic acids is 2. The van der Waals surface area contributed by atoms with E-state index in [1.807, 2.05) is 31.2 Å². The Labute approximate surface area is 146 Å². The summed E-state index contributed by atoms with van der Waals surface area (Å²) in [6.07, 6.45) is 1.81. The Bertz CT molecular complexity index is 791. The molecule has 0 saturated carbocycles. The molecule has 1 atom stereocenters. The van der Waals surface area contributed by atoms with Crippen LogP contribution in [0.15, 0.2) is 42.6 Å². The highest BCUT2D eigenvalue weighted by Gasteiger charge is 2.39. The summed E-state index contributed by atoms with van der Waals surface area (Å²) >= 11 is 0. The Morgan fingerprint density at radius 1 is 1.32 bits per heavy atom. The average Bonchev–Trinajstić information content (AvgIpc) is 2.88. The van der Waals surface area contributed by atoms with Gasteiger partial charge in [0.25, 0.3) is 5.91 Å². The van der Waals surface area contributed by atoms with Crippen LogP contribution in [0.2, 0.25) is 0 Å². The molecule has 1 aliphatic rings. The maximum atomic E-state index is 12.9. The number of rotatable bonds is 6. The van der Waals surface area contributed by atoms with E-state index in [9.17, 15) is 9.59 Å². The molecule has 0 bridgehead atoms. The van der Waals surface area contributed by atoms with Gasteiger partial charge < -0.3 is 10.1 Å². The summed E-state index contributed by atoms with van der Waals surface area (Å²) in [5.74, 6) is -0.255. The third-order valence-corrected chi connectivity index (χ3v) is 4.20. The van der Waals surface area contributed by atoms with Crippen molar-refractivity contribution >= 4 is 17.5 Å². The number of ether oxygens (including phenoxy) is 1. The monoisotopic (exact) mass is 339 g/mol. The van der Waals surface area contributed by atoms with Crippen LogP contribution < -0.4 is 10.2 Å². The maximum Gasteiger partial charge on any atom is 0.260 e. The third-order valence-electron chi connectivity index (χ3n) is 4.20. The zero-order valence-electron chi connectivity index (χ0n) is 14.4. The molecule has 6 heteroatoms. The van der Waals surface area contributed by atoms with Crippen LogP contribution in [0, 0.1) is 6.92 Å². The Balaban J connectivity index is 1.90. The summed E-state index contributed by atoms with van der Waals surface area (Å²) in [6, 6.07) is 10.8. The summed E-state index contributed by atoms with van der Waals surface area (Å²) in [5.41, 5.74) is 3.03. The van der Waals surface area contributed by atoms with Gasteiger partial charge in [-0.2, -0.15) is 0 Å². The molecule has 1 aromatic carbocycles. The lowest BCUT2D eigenvalue weighted by Gasteiger charge is -2.25. The molecular formula is C19H21N3O3. The number of methoxy groups -OCH3 is 1. The number of aryl methyl sites for hydroxylation is 1. The summed E-state index contributed by atoms with van der Waals surface area (Å²) in [4.78, 5) is 31.2. The molecule has 6 nitrogen and oxygen atoms in total. The van der Waals surface area contributed by atoms with Crippen molar-refractivity contribution in [2.75, 3.05) is 25.2 Å². The van der Waals surface area contributed by atoms with Crippen molar-refractivity contribution in [1.82, 2.24) is 10.3 Å². The molecule has 0 aliphatic carbocycles. The van der Waals surface area contributed by atoms with Gasteiger partial charge in [0.1, 0.15) is 0 Å². The Morgan fingerprint density at radius 2 is 2.16 bits per heavy atom. The Morgan fingerprint density at radius 3 is 2.92 bits per heavy atom. The van der Waals surface area contributed by atoms with E-state index in [2.05, 4.69) is 10.3 Å². The fourth-order valence-corrected chi connectivity index (χ4v) is 3.06. The van der Waals surface area contributed by atoms with Gasteiger partial charge in [-0.15, -0.1) is 0 Å². The SMILES string of the molecule is COCCNC(=O)CC1c2ncccc2C(=O)N1c1cccc(C)c1. The average molecular weight is 339 g/mol. The van der Waals surface area contributed by atoms with Gasteiger partial charge in [0.2, 0.25) is 5.91 Å². The van der Waals surface area contributed by atoms with E-state index in [0.717, 1.165) is 11.3 Å². The molecular weight excluding hydrogens is 318 g/mol. The van der Waals surface area contributed by atoms with Crippen molar-refractivity contribution in [3.8, 4) is 0 Å². The molecule has 3 rings (SSSR count). The number of amides is 2. The normalized spacial score (nSPS) is 16.0. The van der Waals surface area contributed by atoms with E-state index < -0.39 is 6.04 Å². The van der Waals surface area contributed by atoms with E-state index in [-0.39, 0.29) is 18.2 Å². The molecule has 1 aliphatic heterocycles. The number of benzene rings is 1. The van der Waals surface area contributed by atoms with Crippen molar-refractivity contribution < 1.29 is 14.3 Å². The number of anilines is 1. The number of carbonyl (C=O) groups is 2. The molecule has 1 unspecified atom stereocenters. The number of nitrogens with one attached hydrogen (secondary N) is 1. The molecule has 130 valence electrons. The zero-order valence-corrected chi connectivity index (χ0v) is 14.4. The lowest BCUT2D eigenvalue weighted by Crippen LogP contribution is -2.34. The van der Waals surface area contributed by atoms with E-state index in [1.165, 1.54) is 0 Å². The molecule has 2 heterocycles. The largest absolute Gasteiger partial charge is 0.383 e. The van der Waals surface area contributed by atoms with Crippen molar-refractivity contribution in [2.45, 2.75) is 19.4 Å². The minimum Gasteiger partial charge on any atom is -0.383 e. The molecule has 25 heavy (non-hydrogen) atoms. The standard InChI is InChI=1S/C19H21N3O3/c1-13-5-3-6-14(11-13)22-16(12-17(23)20-9-10-25-2)18-15(19(22)24)7-4-8-21-18/h3-8,11,16H,9-10,12H2,1-2H3,(H,20,23). The predicted octanol–water partition coefficient (Wildman–Crippen LogP) is 2.24. The molecule has 1 aromatic heterocycles. The molecule has 0 radical (unpaired) electrons. The zero-order chi connectivity index (χ0) is 17.8. The van der Waals surface area contributed by atoms with E-state index in [1.54, 1.807) is 30.3 Å².